The zero-order chi connectivity index (χ0) is 19.6. The summed E-state index contributed by atoms with van der Waals surface area (Å²) in [5, 5.41) is 3.08. The van der Waals surface area contributed by atoms with Crippen molar-refractivity contribution >= 4 is 29.6 Å². The number of hydrogen-bond donors (Lipinski definition) is 1. The van der Waals surface area contributed by atoms with Crippen molar-refractivity contribution in [2.75, 3.05) is 0 Å². The highest BCUT2D eigenvalue weighted by Gasteiger charge is 2.33. The molecule has 6 heteroatoms. The Labute approximate surface area is 163 Å². The molecular weight excluding hydrogens is 364 g/mol. The van der Waals surface area contributed by atoms with E-state index < -0.39 is 6.03 Å². The number of halogens is 1. The number of benzene rings is 2. The van der Waals surface area contributed by atoms with Crippen molar-refractivity contribution in [3.8, 4) is 5.75 Å². The van der Waals surface area contributed by atoms with E-state index in [1.54, 1.807) is 24.3 Å². The molecule has 1 aliphatic rings. The lowest BCUT2D eigenvalue weighted by atomic mass is 10.1. The molecule has 0 unspecified atom stereocenters. The number of nitrogens with zero attached hydrogens (tertiary/aromatic N) is 1. The Kier molecular flexibility index (Phi) is 5.51. The van der Waals surface area contributed by atoms with Gasteiger partial charge >= 0.3 is 6.03 Å². The third-order valence-corrected chi connectivity index (χ3v) is 4.31. The van der Waals surface area contributed by atoms with E-state index in [2.05, 4.69) is 5.32 Å². The SMILES string of the molecule is Cc1cccc(CN2C(=O)N/C(=C\c3ccc(OC(C)C)c(Cl)c3)C2=O)c1. The lowest BCUT2D eigenvalue weighted by Crippen LogP contribution is -2.30. The quantitative estimate of drug-likeness (QED) is 0.608. The van der Waals surface area contributed by atoms with Crippen LogP contribution in [0.4, 0.5) is 4.79 Å². The maximum absolute atomic E-state index is 12.6. The van der Waals surface area contributed by atoms with Crippen molar-refractivity contribution in [2.45, 2.75) is 33.4 Å². The number of rotatable bonds is 5. The van der Waals surface area contributed by atoms with Gasteiger partial charge in [-0.3, -0.25) is 9.69 Å². The minimum absolute atomic E-state index is 0.0117. The van der Waals surface area contributed by atoms with Crippen LogP contribution in [0.5, 0.6) is 5.75 Å². The van der Waals surface area contributed by atoms with Crippen LogP contribution in [0.15, 0.2) is 48.2 Å². The molecule has 5 nitrogen and oxygen atoms in total. The molecule has 3 rings (SSSR count). The van der Waals surface area contributed by atoms with Gasteiger partial charge in [0.05, 0.1) is 17.7 Å². The van der Waals surface area contributed by atoms with Gasteiger partial charge in [0, 0.05) is 0 Å². The Morgan fingerprint density at radius 2 is 1.96 bits per heavy atom. The third kappa shape index (κ3) is 4.49. The Bertz CT molecular complexity index is 921. The van der Waals surface area contributed by atoms with Gasteiger partial charge in [-0.25, -0.2) is 4.79 Å². The van der Waals surface area contributed by atoms with Gasteiger partial charge in [0.2, 0.25) is 0 Å². The van der Waals surface area contributed by atoms with Crippen LogP contribution in [0.2, 0.25) is 5.02 Å². The standard InChI is InChI=1S/C21H21ClN2O3/c1-13(2)27-19-8-7-15(10-17(19)22)11-18-20(25)24(21(26)23-18)12-16-6-4-5-14(3)9-16/h4-11,13H,12H2,1-3H3,(H,23,26)/b18-11-. The molecule has 27 heavy (non-hydrogen) atoms. The van der Waals surface area contributed by atoms with Crippen LogP contribution in [-0.2, 0) is 11.3 Å². The molecule has 140 valence electrons. The first-order chi connectivity index (χ1) is 12.8. The molecule has 1 N–H and O–H groups in total. The Hall–Kier alpha value is -2.79. The normalized spacial score (nSPS) is 15.6. The van der Waals surface area contributed by atoms with Gasteiger partial charge < -0.3 is 10.1 Å². The summed E-state index contributed by atoms with van der Waals surface area (Å²) in [6.07, 6.45) is 1.62. The van der Waals surface area contributed by atoms with Gasteiger partial charge in [-0.1, -0.05) is 47.5 Å². The minimum Gasteiger partial charge on any atom is -0.489 e. The maximum Gasteiger partial charge on any atom is 0.329 e. The van der Waals surface area contributed by atoms with Crippen LogP contribution in [0.1, 0.15) is 30.5 Å². The molecule has 2 aromatic rings. The molecule has 0 spiro atoms. The number of carbonyl (C=O) groups is 2. The topological polar surface area (TPSA) is 58.6 Å². The van der Waals surface area contributed by atoms with Crippen molar-refractivity contribution in [2.24, 2.45) is 0 Å². The minimum atomic E-state index is -0.432. The maximum atomic E-state index is 12.6. The van der Waals surface area contributed by atoms with Crippen LogP contribution < -0.4 is 10.1 Å². The fraction of sp³-hybridized carbons (Fsp3) is 0.238. The van der Waals surface area contributed by atoms with E-state index in [4.69, 9.17) is 16.3 Å². The molecule has 0 saturated carbocycles. The molecule has 0 atom stereocenters. The van der Waals surface area contributed by atoms with Crippen molar-refractivity contribution in [1.29, 1.82) is 0 Å². The highest BCUT2D eigenvalue weighted by Crippen LogP contribution is 2.28. The first-order valence-electron chi connectivity index (χ1n) is 8.70. The molecule has 0 radical (unpaired) electrons. The van der Waals surface area contributed by atoms with Crippen molar-refractivity contribution in [3.63, 3.8) is 0 Å². The summed E-state index contributed by atoms with van der Waals surface area (Å²) in [7, 11) is 0. The first-order valence-corrected chi connectivity index (χ1v) is 9.07. The van der Waals surface area contributed by atoms with Gasteiger partial charge in [-0.05, 0) is 50.1 Å². The summed E-state index contributed by atoms with van der Waals surface area (Å²) in [5.41, 5.74) is 2.91. The van der Waals surface area contributed by atoms with Crippen molar-refractivity contribution < 1.29 is 14.3 Å². The Balaban J connectivity index is 1.79. The molecular formula is C21H21ClN2O3. The van der Waals surface area contributed by atoms with E-state index in [0.29, 0.717) is 16.3 Å². The predicted octanol–water partition coefficient (Wildman–Crippen LogP) is 4.53. The average Bonchev–Trinajstić information content (AvgIpc) is 2.85. The molecule has 1 aliphatic heterocycles. The number of aryl methyl sites for hydroxylation is 1. The number of ether oxygens (including phenoxy) is 1. The zero-order valence-corrected chi connectivity index (χ0v) is 16.2. The number of nitrogens with one attached hydrogen (secondary N) is 1. The van der Waals surface area contributed by atoms with E-state index in [9.17, 15) is 9.59 Å². The fourth-order valence-electron chi connectivity index (χ4n) is 2.83. The molecule has 3 amide bonds. The van der Waals surface area contributed by atoms with E-state index in [0.717, 1.165) is 11.1 Å². The van der Waals surface area contributed by atoms with Gasteiger partial charge in [-0.15, -0.1) is 0 Å². The summed E-state index contributed by atoms with van der Waals surface area (Å²) in [6, 6.07) is 12.5. The number of imide groups is 1. The molecule has 0 aromatic heterocycles. The summed E-state index contributed by atoms with van der Waals surface area (Å²) in [4.78, 5) is 26.0. The lowest BCUT2D eigenvalue weighted by Gasteiger charge is -2.12. The van der Waals surface area contributed by atoms with Gasteiger partial charge in [0.15, 0.2) is 0 Å². The molecule has 0 aliphatic carbocycles. The number of carbonyl (C=O) groups excluding carboxylic acids is 2. The van der Waals surface area contributed by atoms with Crippen molar-refractivity contribution in [3.05, 3.63) is 69.9 Å². The fourth-order valence-corrected chi connectivity index (χ4v) is 3.06. The van der Waals surface area contributed by atoms with E-state index >= 15 is 0 Å². The summed E-state index contributed by atoms with van der Waals surface area (Å²) >= 11 is 6.24. The van der Waals surface area contributed by atoms with E-state index in [1.165, 1.54) is 4.90 Å². The second kappa shape index (κ2) is 7.84. The number of hydrogen-bond acceptors (Lipinski definition) is 3. The zero-order valence-electron chi connectivity index (χ0n) is 15.5. The van der Waals surface area contributed by atoms with Crippen LogP contribution in [-0.4, -0.2) is 22.9 Å². The number of amides is 3. The summed E-state index contributed by atoms with van der Waals surface area (Å²) in [5.74, 6) is 0.219. The second-order valence-corrected chi connectivity index (χ2v) is 7.13. The molecule has 0 bridgehead atoms. The van der Waals surface area contributed by atoms with E-state index in [-0.39, 0.29) is 24.3 Å². The highest BCUT2D eigenvalue weighted by molar-refractivity contribution is 6.32. The molecule has 1 heterocycles. The monoisotopic (exact) mass is 384 g/mol. The summed E-state index contributed by atoms with van der Waals surface area (Å²) < 4.78 is 5.60. The summed E-state index contributed by atoms with van der Waals surface area (Å²) in [6.45, 7) is 6.03. The van der Waals surface area contributed by atoms with Crippen LogP contribution in [0.3, 0.4) is 0 Å². The molecule has 1 fully saturated rings. The molecule has 2 aromatic carbocycles. The van der Waals surface area contributed by atoms with Crippen molar-refractivity contribution in [1.82, 2.24) is 10.2 Å². The van der Waals surface area contributed by atoms with Gasteiger partial charge in [-0.2, -0.15) is 0 Å². The highest BCUT2D eigenvalue weighted by atomic mass is 35.5. The largest absolute Gasteiger partial charge is 0.489 e. The van der Waals surface area contributed by atoms with Gasteiger partial charge in [0.25, 0.3) is 5.91 Å². The predicted molar refractivity (Wildman–Crippen MR) is 105 cm³/mol. The first kappa shape index (κ1) is 19.0. The van der Waals surface area contributed by atoms with Crippen LogP contribution >= 0.6 is 11.6 Å². The second-order valence-electron chi connectivity index (χ2n) is 6.72. The van der Waals surface area contributed by atoms with Crippen LogP contribution in [0.25, 0.3) is 6.08 Å². The smallest absolute Gasteiger partial charge is 0.329 e. The van der Waals surface area contributed by atoms with E-state index in [1.807, 2.05) is 45.0 Å². The Morgan fingerprint density at radius 3 is 2.63 bits per heavy atom. The Morgan fingerprint density at radius 1 is 1.19 bits per heavy atom. The third-order valence-electron chi connectivity index (χ3n) is 4.02. The average molecular weight is 385 g/mol. The van der Waals surface area contributed by atoms with Gasteiger partial charge in [0.1, 0.15) is 11.4 Å². The number of urea groups is 1. The van der Waals surface area contributed by atoms with Crippen LogP contribution in [0, 0.1) is 6.92 Å². The molecule has 1 saturated heterocycles. The lowest BCUT2D eigenvalue weighted by molar-refractivity contribution is -0.123.